The molecule has 1 aromatic carbocycles. The number of carbonyl (C=O) groups is 2. The van der Waals surface area contributed by atoms with Gasteiger partial charge in [-0.25, -0.2) is 4.79 Å². The van der Waals surface area contributed by atoms with Gasteiger partial charge < -0.3 is 14.7 Å². The van der Waals surface area contributed by atoms with Gasteiger partial charge >= 0.3 is 5.97 Å². The molecule has 5 heteroatoms. The molecule has 0 saturated carbocycles. The molecule has 2 unspecified atom stereocenters. The predicted molar refractivity (Wildman–Crippen MR) is 70.4 cm³/mol. The van der Waals surface area contributed by atoms with Crippen LogP contribution in [0.3, 0.4) is 0 Å². The largest absolute Gasteiger partial charge is 0.478 e. The fourth-order valence-corrected chi connectivity index (χ4v) is 2.16. The van der Waals surface area contributed by atoms with Gasteiger partial charge in [0.25, 0.3) is 5.91 Å². The topological polar surface area (TPSA) is 66.8 Å². The third-order valence-electron chi connectivity index (χ3n) is 3.34. The van der Waals surface area contributed by atoms with Crippen LogP contribution in [0.4, 0.5) is 5.69 Å². The minimum Gasteiger partial charge on any atom is -0.478 e. The number of hydrogen-bond donors (Lipinski definition) is 1. The molecular weight excluding hydrogens is 246 g/mol. The Hall–Kier alpha value is -1.88. The zero-order valence-corrected chi connectivity index (χ0v) is 11.0. The minimum atomic E-state index is -0.978. The number of carboxylic acid groups (broad SMARTS) is 1. The monoisotopic (exact) mass is 263 g/mol. The van der Waals surface area contributed by atoms with E-state index in [4.69, 9.17) is 9.84 Å². The van der Waals surface area contributed by atoms with E-state index < -0.39 is 5.97 Å². The Morgan fingerprint density at radius 2 is 1.89 bits per heavy atom. The molecule has 19 heavy (non-hydrogen) atoms. The minimum absolute atomic E-state index is 0.0903. The average molecular weight is 263 g/mol. The van der Waals surface area contributed by atoms with E-state index in [0.29, 0.717) is 5.69 Å². The van der Waals surface area contributed by atoms with Crippen molar-refractivity contribution >= 4 is 17.6 Å². The summed E-state index contributed by atoms with van der Waals surface area (Å²) >= 11 is 0. The summed E-state index contributed by atoms with van der Waals surface area (Å²) in [6.45, 7) is 1.95. The third kappa shape index (κ3) is 2.93. The van der Waals surface area contributed by atoms with Gasteiger partial charge in [-0.2, -0.15) is 0 Å². The van der Waals surface area contributed by atoms with Crippen LogP contribution in [0.5, 0.6) is 0 Å². The number of nitrogens with zero attached hydrogens (tertiary/aromatic N) is 1. The number of rotatable bonds is 3. The van der Waals surface area contributed by atoms with Gasteiger partial charge in [-0.15, -0.1) is 0 Å². The Balaban J connectivity index is 2.08. The maximum Gasteiger partial charge on any atom is 0.335 e. The van der Waals surface area contributed by atoms with E-state index in [0.717, 1.165) is 12.8 Å². The number of hydrogen-bond acceptors (Lipinski definition) is 3. The summed E-state index contributed by atoms with van der Waals surface area (Å²) in [5.74, 6) is -1.07. The van der Waals surface area contributed by atoms with Crippen molar-refractivity contribution in [2.24, 2.45) is 0 Å². The smallest absolute Gasteiger partial charge is 0.335 e. The molecule has 1 aromatic rings. The van der Waals surface area contributed by atoms with E-state index in [2.05, 4.69) is 0 Å². The van der Waals surface area contributed by atoms with Crippen LogP contribution in [0.25, 0.3) is 0 Å². The molecule has 1 fully saturated rings. The highest BCUT2D eigenvalue weighted by atomic mass is 16.5. The molecule has 0 aromatic heterocycles. The molecule has 0 aliphatic carbocycles. The summed E-state index contributed by atoms with van der Waals surface area (Å²) in [6.07, 6.45) is 1.36. The van der Waals surface area contributed by atoms with Crippen LogP contribution < -0.4 is 4.90 Å². The molecule has 5 nitrogen and oxygen atoms in total. The van der Waals surface area contributed by atoms with Crippen molar-refractivity contribution in [3.8, 4) is 0 Å². The lowest BCUT2D eigenvalue weighted by atomic mass is 10.1. The molecule has 1 saturated heterocycles. The lowest BCUT2D eigenvalue weighted by Gasteiger charge is -2.21. The summed E-state index contributed by atoms with van der Waals surface area (Å²) in [7, 11) is 1.67. The molecule has 1 amide bonds. The quantitative estimate of drug-likeness (QED) is 0.904. The van der Waals surface area contributed by atoms with Crippen LogP contribution in [-0.2, 0) is 9.53 Å². The van der Waals surface area contributed by atoms with Crippen LogP contribution in [0.1, 0.15) is 30.1 Å². The molecule has 102 valence electrons. The van der Waals surface area contributed by atoms with Crippen LogP contribution in [-0.4, -0.2) is 36.2 Å². The molecule has 1 aliphatic rings. The maximum absolute atomic E-state index is 12.2. The number of ether oxygens (including phenoxy) is 1. The van der Waals surface area contributed by atoms with E-state index >= 15 is 0 Å². The lowest BCUT2D eigenvalue weighted by molar-refractivity contribution is -0.128. The van der Waals surface area contributed by atoms with Gasteiger partial charge in [0.05, 0.1) is 11.7 Å². The number of aromatic carboxylic acids is 1. The number of anilines is 1. The number of benzene rings is 1. The number of carbonyl (C=O) groups excluding carboxylic acids is 1. The SMILES string of the molecule is CC1CCC(C(=O)N(C)c2ccc(C(=O)O)cc2)O1. The highest BCUT2D eigenvalue weighted by molar-refractivity contribution is 5.97. The predicted octanol–water partition coefficient (Wildman–Crippen LogP) is 1.92. The van der Waals surface area contributed by atoms with Crippen molar-refractivity contribution < 1.29 is 19.4 Å². The fourth-order valence-electron chi connectivity index (χ4n) is 2.16. The van der Waals surface area contributed by atoms with Crippen LogP contribution in [0, 0.1) is 0 Å². The third-order valence-corrected chi connectivity index (χ3v) is 3.34. The van der Waals surface area contributed by atoms with Crippen LogP contribution in [0.2, 0.25) is 0 Å². The molecule has 0 bridgehead atoms. The molecule has 0 spiro atoms. The van der Waals surface area contributed by atoms with Gasteiger partial charge in [0.15, 0.2) is 0 Å². The molecular formula is C14H17NO4. The van der Waals surface area contributed by atoms with E-state index in [1.807, 2.05) is 6.92 Å². The van der Waals surface area contributed by atoms with Gasteiger partial charge in [0.2, 0.25) is 0 Å². The second kappa shape index (κ2) is 5.40. The van der Waals surface area contributed by atoms with Gasteiger partial charge in [-0.3, -0.25) is 4.79 Å². The standard InChI is InChI=1S/C14H17NO4/c1-9-3-8-12(19-9)13(16)15(2)11-6-4-10(5-7-11)14(17)18/h4-7,9,12H,3,8H2,1-2H3,(H,17,18). The summed E-state index contributed by atoms with van der Waals surface area (Å²) in [5, 5.41) is 8.82. The Kier molecular flexibility index (Phi) is 3.85. The van der Waals surface area contributed by atoms with E-state index in [9.17, 15) is 9.59 Å². The summed E-state index contributed by atoms with van der Waals surface area (Å²) < 4.78 is 5.54. The summed E-state index contributed by atoms with van der Waals surface area (Å²) in [6, 6.07) is 6.22. The van der Waals surface area contributed by atoms with Crippen molar-refractivity contribution in [2.75, 3.05) is 11.9 Å². The Labute approximate surface area is 111 Å². The number of carboxylic acids is 1. The van der Waals surface area contributed by atoms with Gasteiger partial charge in [0, 0.05) is 12.7 Å². The molecule has 1 aliphatic heterocycles. The van der Waals surface area contributed by atoms with E-state index in [1.54, 1.807) is 19.2 Å². The first-order valence-electron chi connectivity index (χ1n) is 6.25. The van der Waals surface area contributed by atoms with Gasteiger partial charge in [-0.05, 0) is 44.0 Å². The van der Waals surface area contributed by atoms with E-state index in [-0.39, 0.29) is 23.7 Å². The van der Waals surface area contributed by atoms with Crippen molar-refractivity contribution in [3.63, 3.8) is 0 Å². The van der Waals surface area contributed by atoms with E-state index in [1.165, 1.54) is 17.0 Å². The molecule has 1 N–H and O–H groups in total. The molecule has 2 rings (SSSR count). The second-order valence-electron chi connectivity index (χ2n) is 4.76. The fraction of sp³-hybridized carbons (Fsp3) is 0.429. The first-order chi connectivity index (χ1) is 8.99. The van der Waals surface area contributed by atoms with Crippen LogP contribution in [0.15, 0.2) is 24.3 Å². The van der Waals surface area contributed by atoms with Crippen LogP contribution >= 0.6 is 0 Å². The normalized spacial score (nSPS) is 22.2. The first-order valence-corrected chi connectivity index (χ1v) is 6.25. The second-order valence-corrected chi connectivity index (χ2v) is 4.76. The number of amides is 1. The number of likely N-dealkylation sites (N-methyl/N-ethyl adjacent to an activating group) is 1. The van der Waals surface area contributed by atoms with Crippen molar-refractivity contribution in [3.05, 3.63) is 29.8 Å². The Morgan fingerprint density at radius 3 is 2.37 bits per heavy atom. The lowest BCUT2D eigenvalue weighted by Crippen LogP contribution is -2.36. The Morgan fingerprint density at radius 1 is 1.26 bits per heavy atom. The Bertz CT molecular complexity index is 483. The summed E-state index contributed by atoms with van der Waals surface area (Å²) in [4.78, 5) is 24.5. The van der Waals surface area contributed by atoms with Crippen molar-refractivity contribution in [2.45, 2.75) is 32.0 Å². The summed E-state index contributed by atoms with van der Waals surface area (Å²) in [5.41, 5.74) is 0.869. The maximum atomic E-state index is 12.2. The van der Waals surface area contributed by atoms with Crippen molar-refractivity contribution in [1.82, 2.24) is 0 Å². The average Bonchev–Trinajstić information content (AvgIpc) is 2.84. The highest BCUT2D eigenvalue weighted by Gasteiger charge is 2.30. The molecule has 0 radical (unpaired) electrons. The molecule has 2 atom stereocenters. The molecule has 1 heterocycles. The van der Waals surface area contributed by atoms with Gasteiger partial charge in [-0.1, -0.05) is 0 Å². The highest BCUT2D eigenvalue weighted by Crippen LogP contribution is 2.23. The zero-order chi connectivity index (χ0) is 14.0. The zero-order valence-electron chi connectivity index (χ0n) is 11.0. The van der Waals surface area contributed by atoms with Gasteiger partial charge in [0.1, 0.15) is 6.10 Å². The first kappa shape index (κ1) is 13.5. The van der Waals surface area contributed by atoms with Crippen molar-refractivity contribution in [1.29, 1.82) is 0 Å².